The summed E-state index contributed by atoms with van der Waals surface area (Å²) >= 11 is 0. The predicted molar refractivity (Wildman–Crippen MR) is 109 cm³/mol. The monoisotopic (exact) mass is 403 g/mol. The number of sulfonamides is 1. The first-order valence-corrected chi connectivity index (χ1v) is 10.5. The van der Waals surface area contributed by atoms with Crippen LogP contribution in [0.25, 0.3) is 11.1 Å². The van der Waals surface area contributed by atoms with Crippen LogP contribution < -0.4 is 16.7 Å². The summed E-state index contributed by atoms with van der Waals surface area (Å²) in [4.78, 5) is 2.14. The molecule has 1 unspecified atom stereocenters. The summed E-state index contributed by atoms with van der Waals surface area (Å²) in [5, 5.41) is 18.3. The van der Waals surface area contributed by atoms with Gasteiger partial charge in [-0.05, 0) is 42.1 Å². The van der Waals surface area contributed by atoms with Crippen molar-refractivity contribution >= 4 is 15.9 Å². The molecule has 28 heavy (non-hydrogen) atoms. The Balaban J connectivity index is 1.96. The van der Waals surface area contributed by atoms with Gasteiger partial charge in [0, 0.05) is 18.2 Å². The van der Waals surface area contributed by atoms with Gasteiger partial charge in [-0.1, -0.05) is 36.4 Å². The van der Waals surface area contributed by atoms with Gasteiger partial charge in [-0.25, -0.2) is 13.6 Å². The number of hydrogen-bond acceptors (Lipinski definition) is 6. The molecule has 7 N–H and O–H groups in total. The zero-order valence-corrected chi connectivity index (χ0v) is 16.3. The highest BCUT2D eigenvalue weighted by atomic mass is 32.2. The fourth-order valence-corrected chi connectivity index (χ4v) is 4.44. The van der Waals surface area contributed by atoms with Crippen molar-refractivity contribution in [2.24, 2.45) is 21.8 Å². The molecule has 0 spiro atoms. The molecule has 2 aromatic carbocycles. The van der Waals surface area contributed by atoms with Gasteiger partial charge in [0.15, 0.2) is 5.84 Å². The summed E-state index contributed by atoms with van der Waals surface area (Å²) in [6.07, 6.45) is 2.10. The third-order valence-electron chi connectivity index (χ3n) is 5.09. The van der Waals surface area contributed by atoms with Gasteiger partial charge in [-0.2, -0.15) is 5.10 Å². The van der Waals surface area contributed by atoms with Crippen molar-refractivity contribution in [3.63, 3.8) is 0 Å². The Morgan fingerprint density at radius 2 is 1.93 bits per heavy atom. The first-order chi connectivity index (χ1) is 13.3. The lowest BCUT2D eigenvalue weighted by Crippen LogP contribution is -2.31. The van der Waals surface area contributed by atoms with Crippen LogP contribution in [0, 0.1) is 0 Å². The van der Waals surface area contributed by atoms with Crippen LogP contribution in [-0.4, -0.2) is 43.5 Å². The van der Waals surface area contributed by atoms with E-state index in [0.29, 0.717) is 5.56 Å². The van der Waals surface area contributed by atoms with Crippen molar-refractivity contribution in [1.29, 1.82) is 0 Å². The lowest BCUT2D eigenvalue weighted by atomic mass is 9.98. The Labute approximate surface area is 164 Å². The van der Waals surface area contributed by atoms with Gasteiger partial charge < -0.3 is 16.7 Å². The van der Waals surface area contributed by atoms with Crippen molar-refractivity contribution in [3.05, 3.63) is 53.6 Å². The SMILES string of the molecule is N/N=C(\N)c1c(-c2ccc(CN3CCCC3CO)cc2)cccc1S(N)(=O)=O. The molecule has 0 bridgehead atoms. The second kappa shape index (κ2) is 8.27. The second-order valence-electron chi connectivity index (χ2n) is 6.88. The van der Waals surface area contributed by atoms with E-state index in [1.807, 2.05) is 24.3 Å². The maximum absolute atomic E-state index is 12.0. The fourth-order valence-electron chi connectivity index (χ4n) is 3.67. The number of amidine groups is 1. The molecule has 150 valence electrons. The smallest absolute Gasteiger partial charge is 0.238 e. The molecule has 0 amide bonds. The van der Waals surface area contributed by atoms with E-state index in [2.05, 4.69) is 10.0 Å². The number of primary sulfonamides is 1. The van der Waals surface area contributed by atoms with Gasteiger partial charge >= 0.3 is 0 Å². The van der Waals surface area contributed by atoms with Crippen LogP contribution in [0.15, 0.2) is 52.5 Å². The normalized spacial score (nSPS) is 18.5. The number of benzene rings is 2. The molecular weight excluding hydrogens is 378 g/mol. The highest BCUT2D eigenvalue weighted by Gasteiger charge is 2.24. The molecule has 1 aliphatic rings. The van der Waals surface area contributed by atoms with E-state index in [1.165, 1.54) is 6.07 Å². The topological polar surface area (TPSA) is 148 Å². The highest BCUT2D eigenvalue weighted by molar-refractivity contribution is 7.89. The number of nitrogens with two attached hydrogens (primary N) is 3. The van der Waals surface area contributed by atoms with Crippen molar-refractivity contribution < 1.29 is 13.5 Å². The summed E-state index contributed by atoms with van der Waals surface area (Å²) in [5.41, 5.74) is 8.53. The summed E-state index contributed by atoms with van der Waals surface area (Å²) in [6, 6.07) is 12.7. The highest BCUT2D eigenvalue weighted by Crippen LogP contribution is 2.29. The van der Waals surface area contributed by atoms with Crippen LogP contribution in [0.1, 0.15) is 24.0 Å². The molecule has 0 radical (unpaired) electrons. The number of aliphatic hydroxyl groups excluding tert-OH is 1. The van der Waals surface area contributed by atoms with E-state index in [4.69, 9.17) is 16.7 Å². The fraction of sp³-hybridized carbons (Fsp3) is 0.316. The molecule has 9 heteroatoms. The van der Waals surface area contributed by atoms with Gasteiger partial charge in [-0.3, -0.25) is 4.90 Å². The molecule has 3 rings (SSSR count). The Hall–Kier alpha value is -2.46. The van der Waals surface area contributed by atoms with Crippen LogP contribution >= 0.6 is 0 Å². The maximum Gasteiger partial charge on any atom is 0.238 e. The Bertz CT molecular complexity index is 974. The maximum atomic E-state index is 12.0. The van der Waals surface area contributed by atoms with Crippen molar-refractivity contribution in [2.45, 2.75) is 30.3 Å². The van der Waals surface area contributed by atoms with E-state index < -0.39 is 10.0 Å². The van der Waals surface area contributed by atoms with Gasteiger partial charge in [0.1, 0.15) is 0 Å². The average Bonchev–Trinajstić information content (AvgIpc) is 3.14. The molecule has 1 saturated heterocycles. The van der Waals surface area contributed by atoms with Crippen LogP contribution in [0.5, 0.6) is 0 Å². The second-order valence-corrected chi connectivity index (χ2v) is 8.41. The first kappa shape index (κ1) is 20.3. The number of hydrazone groups is 1. The minimum atomic E-state index is -4.00. The van der Waals surface area contributed by atoms with Gasteiger partial charge in [-0.15, -0.1) is 0 Å². The Kier molecular flexibility index (Phi) is 5.99. The lowest BCUT2D eigenvalue weighted by Gasteiger charge is -2.22. The van der Waals surface area contributed by atoms with Crippen LogP contribution in [-0.2, 0) is 16.6 Å². The van der Waals surface area contributed by atoms with Gasteiger partial charge in [0.25, 0.3) is 0 Å². The zero-order chi connectivity index (χ0) is 20.3. The quantitative estimate of drug-likeness (QED) is 0.239. The van der Waals surface area contributed by atoms with E-state index >= 15 is 0 Å². The van der Waals surface area contributed by atoms with Crippen LogP contribution in [0.4, 0.5) is 0 Å². The predicted octanol–water partition coefficient (Wildman–Crippen LogP) is 0.537. The van der Waals surface area contributed by atoms with E-state index in [0.717, 1.165) is 37.1 Å². The number of aliphatic hydroxyl groups is 1. The van der Waals surface area contributed by atoms with E-state index in [-0.39, 0.29) is 28.9 Å². The number of nitrogens with zero attached hydrogens (tertiary/aromatic N) is 2. The zero-order valence-electron chi connectivity index (χ0n) is 15.5. The molecule has 2 aromatic rings. The molecule has 1 atom stereocenters. The average molecular weight is 404 g/mol. The van der Waals surface area contributed by atoms with Crippen molar-refractivity contribution in [3.8, 4) is 11.1 Å². The summed E-state index contributed by atoms with van der Waals surface area (Å²) < 4.78 is 23.9. The van der Waals surface area contributed by atoms with Crippen LogP contribution in [0.2, 0.25) is 0 Å². The molecule has 0 aromatic heterocycles. The molecule has 1 heterocycles. The molecular formula is C19H25N5O3S. The minimum absolute atomic E-state index is 0.105. The first-order valence-electron chi connectivity index (χ1n) is 8.99. The third-order valence-corrected chi connectivity index (χ3v) is 6.04. The number of hydrogen-bond donors (Lipinski definition) is 4. The summed E-state index contributed by atoms with van der Waals surface area (Å²) in [5.74, 6) is 5.20. The summed E-state index contributed by atoms with van der Waals surface area (Å²) in [7, 11) is -4.00. The molecule has 0 saturated carbocycles. The largest absolute Gasteiger partial charge is 0.395 e. The van der Waals surface area contributed by atoms with E-state index in [1.54, 1.807) is 12.1 Å². The number of rotatable bonds is 6. The Morgan fingerprint density at radius 1 is 1.21 bits per heavy atom. The standard InChI is InChI=1S/C19H25N5O3S/c20-19(23-21)18-16(4-1-5-17(18)28(22,26)27)14-8-6-13(7-9-14)11-24-10-2-3-15(24)12-25/h1,4-9,15,25H,2-3,10-12,21H2,(H2,20,23)(H2,22,26,27). The Morgan fingerprint density at radius 3 is 2.54 bits per heavy atom. The van der Waals surface area contributed by atoms with Gasteiger partial charge in [0.2, 0.25) is 10.0 Å². The van der Waals surface area contributed by atoms with E-state index in [9.17, 15) is 13.5 Å². The molecule has 1 fully saturated rings. The molecule has 0 aliphatic carbocycles. The lowest BCUT2D eigenvalue weighted by molar-refractivity contribution is 0.153. The van der Waals surface area contributed by atoms with Crippen molar-refractivity contribution in [2.75, 3.05) is 13.2 Å². The molecule has 1 aliphatic heterocycles. The minimum Gasteiger partial charge on any atom is -0.395 e. The third kappa shape index (κ3) is 4.17. The molecule has 8 nitrogen and oxygen atoms in total. The number of likely N-dealkylation sites (tertiary alicyclic amines) is 1. The van der Waals surface area contributed by atoms with Gasteiger partial charge in [0.05, 0.1) is 11.5 Å². The summed E-state index contributed by atoms with van der Waals surface area (Å²) in [6.45, 7) is 1.89. The van der Waals surface area contributed by atoms with Crippen LogP contribution in [0.3, 0.4) is 0 Å². The van der Waals surface area contributed by atoms with Crippen molar-refractivity contribution in [1.82, 2.24) is 4.90 Å².